The summed E-state index contributed by atoms with van der Waals surface area (Å²) in [6, 6.07) is 3.99. The van der Waals surface area contributed by atoms with Crippen molar-refractivity contribution >= 4 is 15.9 Å². The van der Waals surface area contributed by atoms with Gasteiger partial charge in [0, 0.05) is 26.2 Å². The molecule has 1 aliphatic rings. The fourth-order valence-electron chi connectivity index (χ4n) is 3.04. The summed E-state index contributed by atoms with van der Waals surface area (Å²) in [4.78, 5) is 14.0. The summed E-state index contributed by atoms with van der Waals surface area (Å²) in [6.45, 7) is 3.71. The highest BCUT2D eigenvalue weighted by Gasteiger charge is 2.33. The van der Waals surface area contributed by atoms with E-state index in [1.807, 2.05) is 0 Å². The van der Waals surface area contributed by atoms with Crippen LogP contribution in [0.2, 0.25) is 0 Å². The second-order valence-electron chi connectivity index (χ2n) is 6.41. The molecule has 0 saturated carbocycles. The number of halogens is 3. The van der Waals surface area contributed by atoms with Gasteiger partial charge in [-0.25, -0.2) is 8.42 Å². The Labute approximate surface area is 164 Å². The third kappa shape index (κ3) is 4.53. The zero-order valence-corrected chi connectivity index (χ0v) is 16.4. The van der Waals surface area contributed by atoms with E-state index in [0.29, 0.717) is 17.0 Å². The maximum atomic E-state index is 12.7. The van der Waals surface area contributed by atoms with Gasteiger partial charge in [-0.1, -0.05) is 5.16 Å². The number of rotatable bonds is 4. The fraction of sp³-hybridized carbons (Fsp3) is 0.412. The van der Waals surface area contributed by atoms with Crippen molar-refractivity contribution in [3.63, 3.8) is 0 Å². The lowest BCUT2D eigenvalue weighted by atomic mass is 10.1. The molecule has 0 bridgehead atoms. The third-order valence-corrected chi connectivity index (χ3v) is 6.38. The first-order chi connectivity index (χ1) is 13.5. The Morgan fingerprint density at radius 3 is 2.17 bits per heavy atom. The van der Waals surface area contributed by atoms with Crippen LogP contribution in [0.5, 0.6) is 5.75 Å². The molecule has 12 heteroatoms. The minimum atomic E-state index is -4.86. The maximum absolute atomic E-state index is 12.7. The maximum Gasteiger partial charge on any atom is 0.573 e. The molecule has 1 fully saturated rings. The number of amides is 1. The van der Waals surface area contributed by atoms with Crippen LogP contribution in [0.1, 0.15) is 21.8 Å². The van der Waals surface area contributed by atoms with Crippen molar-refractivity contribution in [1.29, 1.82) is 0 Å². The van der Waals surface area contributed by atoms with Crippen LogP contribution in [0, 0.1) is 13.8 Å². The first-order valence-electron chi connectivity index (χ1n) is 8.57. The van der Waals surface area contributed by atoms with E-state index in [1.54, 1.807) is 13.8 Å². The number of piperazine rings is 1. The Morgan fingerprint density at radius 1 is 1.10 bits per heavy atom. The van der Waals surface area contributed by atoms with Gasteiger partial charge < -0.3 is 14.2 Å². The van der Waals surface area contributed by atoms with E-state index in [4.69, 9.17) is 4.52 Å². The van der Waals surface area contributed by atoms with Crippen molar-refractivity contribution < 1.29 is 35.6 Å². The monoisotopic (exact) mass is 433 g/mol. The smallest absolute Gasteiger partial charge is 0.406 e. The molecule has 1 aromatic heterocycles. The molecule has 0 atom stereocenters. The highest BCUT2D eigenvalue weighted by Crippen LogP contribution is 2.26. The first kappa shape index (κ1) is 21.1. The van der Waals surface area contributed by atoms with Crippen molar-refractivity contribution in [2.45, 2.75) is 25.1 Å². The number of carbonyl (C=O) groups is 1. The normalized spacial score (nSPS) is 16.1. The Morgan fingerprint density at radius 2 is 1.69 bits per heavy atom. The van der Waals surface area contributed by atoms with Gasteiger partial charge in [-0.3, -0.25) is 4.79 Å². The lowest BCUT2D eigenvalue weighted by Crippen LogP contribution is -2.50. The van der Waals surface area contributed by atoms with Crippen LogP contribution < -0.4 is 4.74 Å². The predicted molar refractivity (Wildman–Crippen MR) is 93.8 cm³/mol. The molecule has 29 heavy (non-hydrogen) atoms. The molecule has 0 aliphatic carbocycles. The molecule has 1 aromatic carbocycles. The van der Waals surface area contributed by atoms with E-state index < -0.39 is 22.1 Å². The van der Waals surface area contributed by atoms with Crippen molar-refractivity contribution in [2.24, 2.45) is 0 Å². The third-order valence-electron chi connectivity index (χ3n) is 4.47. The number of benzene rings is 1. The van der Waals surface area contributed by atoms with Gasteiger partial charge in [0.2, 0.25) is 10.0 Å². The quantitative estimate of drug-likeness (QED) is 0.735. The van der Waals surface area contributed by atoms with E-state index in [9.17, 15) is 26.4 Å². The Bertz CT molecular complexity index is 975. The lowest BCUT2D eigenvalue weighted by Gasteiger charge is -2.34. The first-order valence-corrected chi connectivity index (χ1v) is 10.0. The Kier molecular flexibility index (Phi) is 5.59. The number of nitrogens with zero attached hydrogens (tertiary/aromatic N) is 3. The number of alkyl halides is 3. The summed E-state index contributed by atoms with van der Waals surface area (Å²) < 4.78 is 72.1. The average Bonchev–Trinajstić information content (AvgIpc) is 2.99. The van der Waals surface area contributed by atoms with Crippen molar-refractivity contribution in [1.82, 2.24) is 14.4 Å². The van der Waals surface area contributed by atoms with Gasteiger partial charge in [-0.05, 0) is 38.1 Å². The number of hydrogen-bond acceptors (Lipinski definition) is 6. The number of aromatic nitrogens is 1. The summed E-state index contributed by atoms with van der Waals surface area (Å²) in [5.74, 6) is -0.401. The van der Waals surface area contributed by atoms with Crippen LogP contribution in [-0.4, -0.2) is 61.2 Å². The van der Waals surface area contributed by atoms with Gasteiger partial charge in [0.15, 0.2) is 0 Å². The summed E-state index contributed by atoms with van der Waals surface area (Å²) >= 11 is 0. The van der Waals surface area contributed by atoms with Crippen LogP contribution in [0.3, 0.4) is 0 Å². The standard InChI is InChI=1S/C17H18F3N3O5S/c1-11-15(12(2)28-21-11)16(24)22-7-9-23(10-8-22)29(25,26)14-5-3-13(4-6-14)27-17(18,19)20/h3-6H,7-10H2,1-2H3. The fourth-order valence-corrected chi connectivity index (χ4v) is 4.46. The van der Waals surface area contributed by atoms with E-state index in [0.717, 1.165) is 24.3 Å². The molecule has 1 amide bonds. The van der Waals surface area contributed by atoms with Gasteiger partial charge in [-0.2, -0.15) is 4.31 Å². The van der Waals surface area contributed by atoms with Gasteiger partial charge in [-0.15, -0.1) is 13.2 Å². The average molecular weight is 433 g/mol. The molecule has 8 nitrogen and oxygen atoms in total. The molecule has 0 spiro atoms. The van der Waals surface area contributed by atoms with E-state index in [-0.39, 0.29) is 37.0 Å². The Hall–Kier alpha value is -2.60. The molecule has 0 radical (unpaired) electrons. The van der Waals surface area contributed by atoms with E-state index in [1.165, 1.54) is 9.21 Å². The van der Waals surface area contributed by atoms with Gasteiger partial charge >= 0.3 is 6.36 Å². The highest BCUT2D eigenvalue weighted by molar-refractivity contribution is 7.89. The number of sulfonamides is 1. The molecule has 0 unspecified atom stereocenters. The summed E-state index contributed by atoms with van der Waals surface area (Å²) in [5.41, 5.74) is 0.824. The predicted octanol–water partition coefficient (Wildman–Crippen LogP) is 2.34. The SMILES string of the molecule is Cc1noc(C)c1C(=O)N1CCN(S(=O)(=O)c2ccc(OC(F)(F)F)cc2)CC1. The van der Waals surface area contributed by atoms with Crippen LogP contribution in [0.25, 0.3) is 0 Å². The van der Waals surface area contributed by atoms with Crippen molar-refractivity contribution in [3.8, 4) is 5.75 Å². The van der Waals surface area contributed by atoms with Gasteiger partial charge in [0.1, 0.15) is 17.1 Å². The minimum Gasteiger partial charge on any atom is -0.406 e. The van der Waals surface area contributed by atoms with Gasteiger partial charge in [0.25, 0.3) is 5.91 Å². The zero-order chi connectivity index (χ0) is 21.4. The minimum absolute atomic E-state index is 0.0538. The molecular weight excluding hydrogens is 415 g/mol. The van der Waals surface area contributed by atoms with Crippen molar-refractivity contribution in [2.75, 3.05) is 26.2 Å². The molecule has 3 rings (SSSR count). The molecule has 0 N–H and O–H groups in total. The molecule has 1 saturated heterocycles. The molecular formula is C17H18F3N3O5S. The van der Waals surface area contributed by atoms with Crippen LogP contribution in [0.4, 0.5) is 13.2 Å². The molecule has 2 heterocycles. The number of carbonyl (C=O) groups excluding carboxylic acids is 1. The summed E-state index contributed by atoms with van der Waals surface area (Å²) in [7, 11) is -3.91. The molecule has 1 aliphatic heterocycles. The molecule has 158 valence electrons. The van der Waals surface area contributed by atoms with E-state index in [2.05, 4.69) is 9.89 Å². The second kappa shape index (κ2) is 7.67. The van der Waals surface area contributed by atoms with Crippen LogP contribution in [-0.2, 0) is 10.0 Å². The summed E-state index contributed by atoms with van der Waals surface area (Å²) in [6.07, 6.45) is -4.86. The summed E-state index contributed by atoms with van der Waals surface area (Å²) in [5, 5.41) is 3.75. The van der Waals surface area contributed by atoms with Crippen molar-refractivity contribution in [3.05, 3.63) is 41.3 Å². The zero-order valence-electron chi connectivity index (χ0n) is 15.6. The number of aryl methyl sites for hydroxylation is 2. The van der Waals surface area contributed by atoms with Gasteiger partial charge in [0.05, 0.1) is 10.6 Å². The topological polar surface area (TPSA) is 93.0 Å². The van der Waals surface area contributed by atoms with Crippen LogP contribution in [0.15, 0.2) is 33.7 Å². The second-order valence-corrected chi connectivity index (χ2v) is 8.35. The molecule has 2 aromatic rings. The largest absolute Gasteiger partial charge is 0.573 e. The van der Waals surface area contributed by atoms with E-state index >= 15 is 0 Å². The highest BCUT2D eigenvalue weighted by atomic mass is 32.2. The lowest BCUT2D eigenvalue weighted by molar-refractivity contribution is -0.274. The number of hydrogen-bond donors (Lipinski definition) is 0. The Balaban J connectivity index is 1.67. The number of ether oxygens (including phenoxy) is 1. The van der Waals surface area contributed by atoms with Crippen LogP contribution >= 0.6 is 0 Å².